The van der Waals surface area contributed by atoms with Crippen molar-refractivity contribution in [3.05, 3.63) is 23.5 Å². The molecule has 78 valence electrons. The zero-order valence-electron chi connectivity index (χ0n) is 7.27. The molecule has 3 N–H and O–H groups in total. The minimum absolute atomic E-state index is 0.0888. The fourth-order valence-corrected chi connectivity index (χ4v) is 2.13. The molecule has 0 saturated heterocycles. The SMILES string of the molecule is NCCNS(=O)(=O)c1ccnc(Cl)c1. The van der Waals surface area contributed by atoms with E-state index in [1.807, 2.05) is 0 Å². The summed E-state index contributed by atoms with van der Waals surface area (Å²) in [5, 5.41) is 0.139. The average Bonchev–Trinajstić information content (AvgIpc) is 2.15. The van der Waals surface area contributed by atoms with E-state index in [2.05, 4.69) is 9.71 Å². The Morgan fingerprint density at radius 2 is 2.29 bits per heavy atom. The van der Waals surface area contributed by atoms with Gasteiger partial charge in [0.1, 0.15) is 5.15 Å². The molecule has 0 atom stereocenters. The number of nitrogens with one attached hydrogen (secondary N) is 1. The van der Waals surface area contributed by atoms with Crippen LogP contribution in [0, 0.1) is 0 Å². The van der Waals surface area contributed by atoms with Gasteiger partial charge in [-0.3, -0.25) is 0 Å². The second-order valence-corrected chi connectivity index (χ2v) is 4.65. The first-order valence-corrected chi connectivity index (χ1v) is 5.73. The van der Waals surface area contributed by atoms with Gasteiger partial charge in [0.05, 0.1) is 4.90 Å². The van der Waals surface area contributed by atoms with Crippen LogP contribution in [0.25, 0.3) is 0 Å². The number of rotatable bonds is 4. The van der Waals surface area contributed by atoms with Crippen molar-refractivity contribution in [2.24, 2.45) is 5.73 Å². The van der Waals surface area contributed by atoms with Crippen molar-refractivity contribution in [2.45, 2.75) is 4.90 Å². The first-order chi connectivity index (χ1) is 6.56. The first kappa shape index (κ1) is 11.4. The van der Waals surface area contributed by atoms with Gasteiger partial charge in [0, 0.05) is 19.3 Å². The number of pyridine rings is 1. The molecule has 7 heteroatoms. The van der Waals surface area contributed by atoms with Gasteiger partial charge < -0.3 is 5.73 Å². The summed E-state index contributed by atoms with van der Waals surface area (Å²) in [4.78, 5) is 3.77. The number of nitrogens with zero attached hydrogens (tertiary/aromatic N) is 1. The predicted octanol–water partition coefficient (Wildman–Crippen LogP) is -0.0280. The molecule has 1 heterocycles. The summed E-state index contributed by atoms with van der Waals surface area (Å²) < 4.78 is 25.3. The van der Waals surface area contributed by atoms with E-state index in [0.717, 1.165) is 0 Å². The molecule has 0 radical (unpaired) electrons. The summed E-state index contributed by atoms with van der Waals surface area (Å²) >= 11 is 5.56. The summed E-state index contributed by atoms with van der Waals surface area (Å²) in [6.45, 7) is 0.445. The zero-order chi connectivity index (χ0) is 10.6. The number of halogens is 1. The molecule has 0 aliphatic rings. The lowest BCUT2D eigenvalue weighted by molar-refractivity contribution is 0.582. The lowest BCUT2D eigenvalue weighted by Crippen LogP contribution is -2.29. The fourth-order valence-electron chi connectivity index (χ4n) is 0.828. The molecule has 0 bridgehead atoms. The van der Waals surface area contributed by atoms with Crippen molar-refractivity contribution in [2.75, 3.05) is 13.1 Å². The van der Waals surface area contributed by atoms with Crippen molar-refractivity contribution in [3.63, 3.8) is 0 Å². The lowest BCUT2D eigenvalue weighted by Gasteiger charge is -2.04. The predicted molar refractivity (Wildman–Crippen MR) is 53.5 cm³/mol. The third kappa shape index (κ3) is 2.91. The summed E-state index contributed by atoms with van der Waals surface area (Å²) in [5.74, 6) is 0. The van der Waals surface area contributed by atoms with Crippen LogP contribution in [0.5, 0.6) is 0 Å². The number of hydrogen-bond donors (Lipinski definition) is 2. The zero-order valence-corrected chi connectivity index (χ0v) is 8.85. The smallest absolute Gasteiger partial charge is 0.240 e. The fraction of sp³-hybridized carbons (Fsp3) is 0.286. The van der Waals surface area contributed by atoms with E-state index in [9.17, 15) is 8.42 Å². The van der Waals surface area contributed by atoms with Gasteiger partial charge in [-0.05, 0) is 12.1 Å². The monoisotopic (exact) mass is 235 g/mol. The van der Waals surface area contributed by atoms with Crippen molar-refractivity contribution in [1.29, 1.82) is 0 Å². The second-order valence-electron chi connectivity index (χ2n) is 2.50. The Morgan fingerprint density at radius 3 is 2.86 bits per heavy atom. The highest BCUT2D eigenvalue weighted by Crippen LogP contribution is 2.11. The highest BCUT2D eigenvalue weighted by Gasteiger charge is 2.12. The molecule has 1 aromatic heterocycles. The van der Waals surface area contributed by atoms with Crippen LogP contribution in [0.3, 0.4) is 0 Å². The lowest BCUT2D eigenvalue weighted by atomic mass is 10.5. The molecule has 1 rings (SSSR count). The van der Waals surface area contributed by atoms with Crippen LogP contribution in [0.1, 0.15) is 0 Å². The number of aromatic nitrogens is 1. The Balaban J connectivity index is 2.93. The third-order valence-corrected chi connectivity index (χ3v) is 3.11. The molecule has 14 heavy (non-hydrogen) atoms. The number of sulfonamides is 1. The quantitative estimate of drug-likeness (QED) is 0.718. The normalized spacial score (nSPS) is 11.6. The van der Waals surface area contributed by atoms with Crippen LogP contribution < -0.4 is 10.5 Å². The van der Waals surface area contributed by atoms with Crippen molar-refractivity contribution in [1.82, 2.24) is 9.71 Å². The van der Waals surface area contributed by atoms with E-state index in [0.29, 0.717) is 0 Å². The molecule has 1 aromatic rings. The van der Waals surface area contributed by atoms with Crippen LogP contribution in [-0.4, -0.2) is 26.5 Å². The molecule has 0 aliphatic carbocycles. The van der Waals surface area contributed by atoms with Gasteiger partial charge in [0.25, 0.3) is 0 Å². The molecule has 0 aromatic carbocycles. The highest BCUT2D eigenvalue weighted by atomic mass is 35.5. The topological polar surface area (TPSA) is 85.1 Å². The maximum absolute atomic E-state index is 11.5. The molecule has 0 amide bonds. The van der Waals surface area contributed by atoms with Crippen LogP contribution in [0.15, 0.2) is 23.2 Å². The summed E-state index contributed by atoms with van der Waals surface area (Å²) in [6, 6.07) is 2.64. The Hall–Kier alpha value is -0.690. The van der Waals surface area contributed by atoms with Crippen LogP contribution in [0.4, 0.5) is 0 Å². The number of hydrogen-bond acceptors (Lipinski definition) is 4. The van der Waals surface area contributed by atoms with E-state index in [1.165, 1.54) is 18.3 Å². The van der Waals surface area contributed by atoms with Crippen LogP contribution in [0.2, 0.25) is 5.15 Å². The van der Waals surface area contributed by atoms with Crippen LogP contribution >= 0.6 is 11.6 Å². The highest BCUT2D eigenvalue weighted by molar-refractivity contribution is 7.89. The van der Waals surface area contributed by atoms with Crippen molar-refractivity contribution >= 4 is 21.6 Å². The van der Waals surface area contributed by atoms with Gasteiger partial charge in [-0.25, -0.2) is 18.1 Å². The molecule has 0 unspecified atom stereocenters. The molecular weight excluding hydrogens is 226 g/mol. The average molecular weight is 236 g/mol. The largest absolute Gasteiger partial charge is 0.329 e. The van der Waals surface area contributed by atoms with Crippen LogP contribution in [-0.2, 0) is 10.0 Å². The minimum Gasteiger partial charge on any atom is -0.329 e. The van der Waals surface area contributed by atoms with Gasteiger partial charge in [0.15, 0.2) is 0 Å². The Morgan fingerprint density at radius 1 is 1.57 bits per heavy atom. The van der Waals surface area contributed by atoms with Gasteiger partial charge in [-0.2, -0.15) is 0 Å². The second kappa shape index (κ2) is 4.70. The molecule has 0 fully saturated rings. The third-order valence-electron chi connectivity index (χ3n) is 1.44. The van der Waals surface area contributed by atoms with Crippen molar-refractivity contribution in [3.8, 4) is 0 Å². The van der Waals surface area contributed by atoms with Crippen molar-refractivity contribution < 1.29 is 8.42 Å². The minimum atomic E-state index is -3.50. The van der Waals surface area contributed by atoms with E-state index >= 15 is 0 Å². The molecule has 5 nitrogen and oxygen atoms in total. The maximum atomic E-state index is 11.5. The summed E-state index contributed by atoms with van der Waals surface area (Å²) in [7, 11) is -3.50. The van der Waals surface area contributed by atoms with Gasteiger partial charge in [0.2, 0.25) is 10.0 Å². The van der Waals surface area contributed by atoms with Gasteiger partial charge >= 0.3 is 0 Å². The van der Waals surface area contributed by atoms with E-state index in [1.54, 1.807) is 0 Å². The molecule has 0 aliphatic heterocycles. The standard InChI is InChI=1S/C7H10ClN3O2S/c8-7-5-6(1-3-10-7)14(12,13)11-4-2-9/h1,3,5,11H,2,4,9H2. The van der Waals surface area contributed by atoms with Gasteiger partial charge in [-0.1, -0.05) is 11.6 Å². The van der Waals surface area contributed by atoms with Gasteiger partial charge in [-0.15, -0.1) is 0 Å². The van der Waals surface area contributed by atoms with E-state index < -0.39 is 10.0 Å². The van der Waals surface area contributed by atoms with E-state index in [4.69, 9.17) is 17.3 Å². The molecule has 0 saturated carbocycles. The summed E-state index contributed by atoms with van der Waals surface area (Å²) in [6.07, 6.45) is 1.33. The summed E-state index contributed by atoms with van der Waals surface area (Å²) in [5.41, 5.74) is 5.18. The maximum Gasteiger partial charge on any atom is 0.240 e. The molecular formula is C7H10ClN3O2S. The number of nitrogens with two attached hydrogens (primary N) is 1. The Kier molecular flexibility index (Phi) is 3.82. The molecule has 0 spiro atoms. The van der Waals surface area contributed by atoms with E-state index in [-0.39, 0.29) is 23.1 Å². The Labute approximate surface area is 87.3 Å². The Bertz CT molecular complexity index is 407. The first-order valence-electron chi connectivity index (χ1n) is 3.87.